The van der Waals surface area contributed by atoms with Crippen molar-refractivity contribution in [2.45, 2.75) is 38.1 Å². The van der Waals surface area contributed by atoms with E-state index in [1.165, 1.54) is 45.2 Å². The second kappa shape index (κ2) is 5.95. The normalized spacial score (nSPS) is 22.6. The summed E-state index contributed by atoms with van der Waals surface area (Å²) in [4.78, 5) is 9.79. The predicted molar refractivity (Wildman–Crippen MR) is 83.1 cm³/mol. The summed E-state index contributed by atoms with van der Waals surface area (Å²) in [5.41, 5.74) is 1.12. The molecule has 0 unspecified atom stereocenters. The van der Waals surface area contributed by atoms with Crippen LogP contribution in [0.25, 0.3) is 0 Å². The van der Waals surface area contributed by atoms with Crippen molar-refractivity contribution in [2.24, 2.45) is 0 Å². The minimum atomic E-state index is 0.862. The highest BCUT2D eigenvalue weighted by Gasteiger charge is 2.25. The van der Waals surface area contributed by atoms with Crippen LogP contribution in [-0.2, 0) is 0 Å². The molecule has 1 aromatic heterocycles. The monoisotopic (exact) mass is 257 g/mol. The van der Waals surface area contributed by atoms with E-state index in [2.05, 4.69) is 40.8 Å². The highest BCUT2D eigenvalue weighted by molar-refractivity contribution is 6.30. The molecule has 0 N–H and O–H groups in total. The third-order valence-corrected chi connectivity index (χ3v) is 4.60. The lowest BCUT2D eigenvalue weighted by molar-refractivity contribution is 0.147. The van der Waals surface area contributed by atoms with Gasteiger partial charge in [0.1, 0.15) is 5.82 Å². The van der Waals surface area contributed by atoms with Crippen molar-refractivity contribution >= 4 is 19.3 Å². The van der Waals surface area contributed by atoms with E-state index >= 15 is 0 Å². The van der Waals surface area contributed by atoms with Gasteiger partial charge in [0.2, 0.25) is 0 Å². The van der Waals surface area contributed by atoms with Crippen molar-refractivity contribution in [2.75, 3.05) is 31.1 Å². The number of hydrogen-bond donors (Lipinski definition) is 0. The van der Waals surface area contributed by atoms with Gasteiger partial charge < -0.3 is 4.90 Å². The molecule has 0 spiro atoms. The average Bonchev–Trinajstić information content (AvgIpc) is 2.48. The van der Waals surface area contributed by atoms with Crippen molar-refractivity contribution in [1.29, 1.82) is 0 Å². The second-order valence-electron chi connectivity index (χ2n) is 5.95. The minimum absolute atomic E-state index is 0.862. The molecule has 4 heteroatoms. The molecule has 0 bridgehead atoms. The summed E-state index contributed by atoms with van der Waals surface area (Å²) in [5, 5.41) is 0. The Labute approximate surface area is 117 Å². The van der Waals surface area contributed by atoms with Crippen LogP contribution in [0.1, 0.15) is 32.1 Å². The summed E-state index contributed by atoms with van der Waals surface area (Å²) in [6, 6.07) is 7.19. The van der Waals surface area contributed by atoms with Gasteiger partial charge in [0.05, 0.1) is 0 Å². The van der Waals surface area contributed by atoms with Crippen molar-refractivity contribution in [3.63, 3.8) is 0 Å². The lowest BCUT2D eigenvalue weighted by Crippen LogP contribution is -2.51. The molecular formula is C15H24BN3. The van der Waals surface area contributed by atoms with Crippen molar-refractivity contribution in [3.8, 4) is 0 Å². The number of aromatic nitrogens is 1. The van der Waals surface area contributed by atoms with Crippen molar-refractivity contribution in [1.82, 2.24) is 9.88 Å². The molecule has 2 heterocycles. The molecule has 1 saturated heterocycles. The maximum Gasteiger partial charge on any atom is 0.164 e. The molecule has 3 nitrogen and oxygen atoms in total. The van der Waals surface area contributed by atoms with Crippen LogP contribution in [0.4, 0.5) is 5.82 Å². The number of rotatable bonds is 2. The van der Waals surface area contributed by atoms with Crippen molar-refractivity contribution in [3.05, 3.63) is 18.2 Å². The van der Waals surface area contributed by atoms with E-state index in [1.54, 1.807) is 0 Å². The van der Waals surface area contributed by atoms with Crippen LogP contribution in [0.3, 0.4) is 0 Å². The van der Waals surface area contributed by atoms with E-state index in [-0.39, 0.29) is 0 Å². The van der Waals surface area contributed by atoms with Gasteiger partial charge in [-0.25, -0.2) is 4.98 Å². The van der Waals surface area contributed by atoms with Gasteiger partial charge in [0, 0.05) is 32.2 Å². The lowest BCUT2D eigenvalue weighted by Gasteiger charge is -2.41. The van der Waals surface area contributed by atoms with E-state index in [4.69, 9.17) is 0 Å². The Morgan fingerprint density at radius 1 is 1.00 bits per heavy atom. The molecule has 0 radical (unpaired) electrons. The highest BCUT2D eigenvalue weighted by atomic mass is 15.3. The topological polar surface area (TPSA) is 19.4 Å². The van der Waals surface area contributed by atoms with Gasteiger partial charge >= 0.3 is 0 Å². The first kappa shape index (κ1) is 13.0. The van der Waals surface area contributed by atoms with Crippen LogP contribution in [0, 0.1) is 0 Å². The largest absolute Gasteiger partial charge is 0.354 e. The molecule has 0 atom stereocenters. The zero-order valence-electron chi connectivity index (χ0n) is 12.0. The fraction of sp³-hybridized carbons (Fsp3) is 0.667. The SMILES string of the molecule is Bc1cccc(N2CCN(C3CCCCC3)CC2)n1. The predicted octanol–water partition coefficient (Wildman–Crippen LogP) is 0.795. The molecule has 3 rings (SSSR count). The van der Waals surface area contributed by atoms with Crippen LogP contribution in [-0.4, -0.2) is 50.0 Å². The fourth-order valence-electron chi connectivity index (χ4n) is 3.47. The molecule has 1 aliphatic carbocycles. The summed E-state index contributed by atoms with van der Waals surface area (Å²) < 4.78 is 0. The summed E-state index contributed by atoms with van der Waals surface area (Å²) in [7, 11) is 2.07. The Kier molecular flexibility index (Phi) is 4.07. The quantitative estimate of drug-likeness (QED) is 0.730. The molecule has 2 fully saturated rings. The van der Waals surface area contributed by atoms with E-state index in [1.807, 2.05) is 0 Å². The molecule has 19 heavy (non-hydrogen) atoms. The maximum absolute atomic E-state index is 4.64. The first-order valence-corrected chi connectivity index (χ1v) is 7.75. The van der Waals surface area contributed by atoms with E-state index < -0.39 is 0 Å². The standard InChI is InChI=1S/C15H24BN3/c16-14-7-4-8-15(17-14)19-11-9-18(10-12-19)13-5-2-1-3-6-13/h4,7-8,13H,1-3,5-6,9-12,16H2. The Morgan fingerprint density at radius 2 is 1.74 bits per heavy atom. The molecule has 1 aliphatic heterocycles. The molecular weight excluding hydrogens is 233 g/mol. The Bertz CT molecular complexity index is 410. The third kappa shape index (κ3) is 3.11. The second-order valence-corrected chi connectivity index (χ2v) is 5.95. The van der Waals surface area contributed by atoms with Crippen LogP contribution in [0.15, 0.2) is 18.2 Å². The van der Waals surface area contributed by atoms with Crippen LogP contribution in [0.5, 0.6) is 0 Å². The summed E-state index contributed by atoms with van der Waals surface area (Å²) >= 11 is 0. The van der Waals surface area contributed by atoms with Gasteiger partial charge in [-0.15, -0.1) is 0 Å². The minimum Gasteiger partial charge on any atom is -0.354 e. The average molecular weight is 257 g/mol. The maximum atomic E-state index is 4.64. The van der Waals surface area contributed by atoms with E-state index in [0.29, 0.717) is 0 Å². The summed E-state index contributed by atoms with van der Waals surface area (Å²) in [5.74, 6) is 1.16. The molecule has 0 aromatic carbocycles. The molecule has 0 amide bonds. The van der Waals surface area contributed by atoms with Crippen molar-refractivity contribution < 1.29 is 0 Å². The smallest absolute Gasteiger partial charge is 0.164 e. The number of anilines is 1. The highest BCUT2D eigenvalue weighted by Crippen LogP contribution is 2.24. The first-order chi connectivity index (χ1) is 9.33. The third-order valence-electron chi connectivity index (χ3n) is 4.60. The Hall–Kier alpha value is -1.03. The van der Waals surface area contributed by atoms with E-state index in [9.17, 15) is 0 Å². The van der Waals surface area contributed by atoms with Gasteiger partial charge in [0.25, 0.3) is 0 Å². The number of piperazine rings is 1. The van der Waals surface area contributed by atoms with Gasteiger partial charge in [-0.2, -0.15) is 0 Å². The van der Waals surface area contributed by atoms with Gasteiger partial charge in [-0.3, -0.25) is 4.90 Å². The summed E-state index contributed by atoms with van der Waals surface area (Å²) in [6.07, 6.45) is 7.16. The number of nitrogens with zero attached hydrogens (tertiary/aromatic N) is 3. The molecule has 2 aliphatic rings. The van der Waals surface area contributed by atoms with Gasteiger partial charge in [0.15, 0.2) is 7.85 Å². The van der Waals surface area contributed by atoms with Gasteiger partial charge in [-0.05, 0) is 24.5 Å². The fourth-order valence-corrected chi connectivity index (χ4v) is 3.47. The zero-order chi connectivity index (χ0) is 13.1. The van der Waals surface area contributed by atoms with Crippen LogP contribution >= 0.6 is 0 Å². The van der Waals surface area contributed by atoms with Gasteiger partial charge in [-0.1, -0.05) is 31.4 Å². The molecule has 102 valence electrons. The summed E-state index contributed by atoms with van der Waals surface area (Å²) in [6.45, 7) is 4.68. The molecule has 1 aromatic rings. The van der Waals surface area contributed by atoms with Crippen LogP contribution in [0.2, 0.25) is 0 Å². The van der Waals surface area contributed by atoms with Crippen LogP contribution < -0.4 is 10.5 Å². The zero-order valence-corrected chi connectivity index (χ0v) is 12.0. The lowest BCUT2D eigenvalue weighted by atomic mass is 9.94. The molecule has 1 saturated carbocycles. The first-order valence-electron chi connectivity index (χ1n) is 7.75. The Balaban J connectivity index is 1.57. The number of hydrogen-bond acceptors (Lipinski definition) is 3. The number of pyridine rings is 1. The van der Waals surface area contributed by atoms with E-state index in [0.717, 1.165) is 30.5 Å². The Morgan fingerprint density at radius 3 is 2.42 bits per heavy atom.